The van der Waals surface area contributed by atoms with Crippen LogP contribution in [-0.2, 0) is 0 Å². The SMILES string of the molecule is Cc1ncc2cc([C@H]3CC[C@H]4[C@@H]5CC=C6C[C@H](O)CC[C@]6(C)[C@H]5CC[C@]34C)ccc2n1. The van der Waals surface area contributed by atoms with Gasteiger partial charge in [-0.1, -0.05) is 31.6 Å². The second kappa shape index (κ2) is 6.88. The molecule has 0 saturated heterocycles. The zero-order valence-corrected chi connectivity index (χ0v) is 19.3. The predicted molar refractivity (Wildman–Crippen MR) is 125 cm³/mol. The first kappa shape index (κ1) is 19.9. The van der Waals surface area contributed by atoms with Gasteiger partial charge >= 0.3 is 0 Å². The summed E-state index contributed by atoms with van der Waals surface area (Å²) in [5, 5.41) is 11.4. The zero-order valence-electron chi connectivity index (χ0n) is 19.3. The Morgan fingerprint density at radius 3 is 2.77 bits per heavy atom. The molecule has 0 aliphatic heterocycles. The summed E-state index contributed by atoms with van der Waals surface area (Å²) in [5.41, 5.74) is 4.88. The van der Waals surface area contributed by atoms with E-state index in [4.69, 9.17) is 0 Å². The Balaban J connectivity index is 1.32. The lowest BCUT2D eigenvalue weighted by atomic mass is 9.47. The molecule has 4 aliphatic rings. The van der Waals surface area contributed by atoms with Crippen LogP contribution in [0.15, 0.2) is 36.0 Å². The molecule has 3 fully saturated rings. The first-order valence-corrected chi connectivity index (χ1v) is 12.5. The number of allylic oxidation sites excluding steroid dienone is 1. The second-order valence-corrected chi connectivity index (χ2v) is 11.6. The van der Waals surface area contributed by atoms with E-state index in [1.807, 2.05) is 13.1 Å². The highest BCUT2D eigenvalue weighted by molar-refractivity contribution is 5.78. The number of rotatable bonds is 1. The summed E-state index contributed by atoms with van der Waals surface area (Å²) in [7, 11) is 0. The lowest BCUT2D eigenvalue weighted by Crippen LogP contribution is -2.50. The maximum Gasteiger partial charge on any atom is 0.125 e. The van der Waals surface area contributed by atoms with Crippen molar-refractivity contribution < 1.29 is 5.11 Å². The van der Waals surface area contributed by atoms with E-state index in [9.17, 15) is 5.11 Å². The Kier molecular flexibility index (Phi) is 4.42. The van der Waals surface area contributed by atoms with Gasteiger partial charge in [0, 0.05) is 11.6 Å². The first-order valence-electron chi connectivity index (χ1n) is 12.5. The Morgan fingerprint density at radius 1 is 1.03 bits per heavy atom. The molecule has 0 unspecified atom stereocenters. The van der Waals surface area contributed by atoms with E-state index in [1.54, 1.807) is 5.57 Å². The van der Waals surface area contributed by atoms with Crippen molar-refractivity contribution in [2.45, 2.75) is 84.2 Å². The number of fused-ring (bicyclic) bond motifs is 6. The van der Waals surface area contributed by atoms with E-state index in [0.29, 0.717) is 16.7 Å². The van der Waals surface area contributed by atoms with Crippen molar-refractivity contribution in [1.82, 2.24) is 9.97 Å². The highest BCUT2D eigenvalue weighted by Crippen LogP contribution is 2.68. The van der Waals surface area contributed by atoms with Crippen molar-refractivity contribution in [3.63, 3.8) is 0 Å². The number of benzene rings is 1. The van der Waals surface area contributed by atoms with Crippen LogP contribution in [0.25, 0.3) is 10.9 Å². The van der Waals surface area contributed by atoms with E-state index in [-0.39, 0.29) is 6.10 Å². The van der Waals surface area contributed by atoms with Crippen LogP contribution in [-0.4, -0.2) is 21.2 Å². The van der Waals surface area contributed by atoms with Crippen LogP contribution < -0.4 is 0 Å². The summed E-state index contributed by atoms with van der Waals surface area (Å²) in [5.74, 6) is 3.95. The van der Waals surface area contributed by atoms with Gasteiger partial charge in [-0.25, -0.2) is 9.97 Å². The number of hydrogen-bond acceptors (Lipinski definition) is 3. The smallest absolute Gasteiger partial charge is 0.125 e. The predicted octanol–water partition coefficient (Wildman–Crippen LogP) is 6.35. The molecule has 3 nitrogen and oxygen atoms in total. The normalized spacial score (nSPS) is 41.9. The molecule has 6 rings (SSSR count). The van der Waals surface area contributed by atoms with Crippen molar-refractivity contribution in [2.24, 2.45) is 28.6 Å². The summed E-state index contributed by atoms with van der Waals surface area (Å²) in [6.45, 7) is 7.10. The molecule has 7 atom stereocenters. The largest absolute Gasteiger partial charge is 0.393 e. The Hall–Kier alpha value is -1.74. The average Bonchev–Trinajstić information content (AvgIpc) is 3.11. The number of aromatic nitrogens is 2. The summed E-state index contributed by atoms with van der Waals surface area (Å²) >= 11 is 0. The van der Waals surface area contributed by atoms with Crippen molar-refractivity contribution in [1.29, 1.82) is 0 Å². The fraction of sp³-hybridized carbons (Fsp3) is 0.643. The second-order valence-electron chi connectivity index (χ2n) is 11.6. The lowest BCUT2D eigenvalue weighted by molar-refractivity contribution is -0.0409. The molecule has 1 aromatic heterocycles. The van der Waals surface area contributed by atoms with Gasteiger partial charge in [0.1, 0.15) is 5.82 Å². The van der Waals surface area contributed by atoms with E-state index in [2.05, 4.69) is 48.1 Å². The highest BCUT2D eigenvalue weighted by Gasteiger charge is 2.58. The van der Waals surface area contributed by atoms with E-state index in [1.165, 1.54) is 49.5 Å². The fourth-order valence-electron chi connectivity index (χ4n) is 8.55. The first-order chi connectivity index (χ1) is 14.9. The molecule has 3 heteroatoms. The molecular formula is C28H36N2O. The molecule has 0 radical (unpaired) electrons. The minimum Gasteiger partial charge on any atom is -0.393 e. The van der Waals surface area contributed by atoms with Gasteiger partial charge in [0.15, 0.2) is 0 Å². The Labute approximate surface area is 186 Å². The van der Waals surface area contributed by atoms with Crippen LogP contribution >= 0.6 is 0 Å². The number of aryl methyl sites for hydroxylation is 1. The van der Waals surface area contributed by atoms with Gasteiger partial charge in [-0.3, -0.25) is 0 Å². The van der Waals surface area contributed by atoms with Gasteiger partial charge in [0.25, 0.3) is 0 Å². The highest BCUT2D eigenvalue weighted by atomic mass is 16.3. The standard InChI is InChI=1S/C28H36N2O/c1-17-29-16-19-14-18(4-9-26(19)30-17)23-7-8-24-22-6-5-20-15-21(31)10-12-27(20,2)25(22)11-13-28(23,24)3/h4-5,9,14,16,21-25,31H,6-8,10-13,15H2,1-3H3/t21-,22+,23-,24+,25+,27+,28-/m1/s1. The molecule has 1 heterocycles. The van der Waals surface area contributed by atoms with Crippen LogP contribution in [0.1, 0.15) is 82.5 Å². The minimum atomic E-state index is -0.110. The van der Waals surface area contributed by atoms with E-state index in [0.717, 1.165) is 41.9 Å². The fourth-order valence-corrected chi connectivity index (χ4v) is 8.55. The molecule has 0 spiro atoms. The van der Waals surface area contributed by atoms with Gasteiger partial charge in [-0.05, 0) is 110 Å². The van der Waals surface area contributed by atoms with Gasteiger partial charge in [0.05, 0.1) is 11.6 Å². The van der Waals surface area contributed by atoms with Crippen molar-refractivity contribution in [2.75, 3.05) is 0 Å². The molecule has 1 aromatic carbocycles. The van der Waals surface area contributed by atoms with Crippen LogP contribution in [0.2, 0.25) is 0 Å². The quantitative estimate of drug-likeness (QED) is 0.551. The molecule has 0 bridgehead atoms. The van der Waals surface area contributed by atoms with Gasteiger partial charge < -0.3 is 5.11 Å². The summed E-state index contributed by atoms with van der Waals surface area (Å²) in [6.07, 6.45) is 14.1. The van der Waals surface area contributed by atoms with Crippen molar-refractivity contribution in [3.8, 4) is 0 Å². The molecule has 0 amide bonds. The average molecular weight is 417 g/mol. The third-order valence-electron chi connectivity index (χ3n) is 10.2. The van der Waals surface area contributed by atoms with E-state index < -0.39 is 0 Å². The number of aliphatic hydroxyl groups excluding tert-OH is 1. The van der Waals surface area contributed by atoms with Gasteiger partial charge in [-0.15, -0.1) is 0 Å². The minimum absolute atomic E-state index is 0.110. The van der Waals surface area contributed by atoms with Crippen molar-refractivity contribution in [3.05, 3.63) is 47.4 Å². The molecule has 2 aromatic rings. The van der Waals surface area contributed by atoms with Gasteiger partial charge in [0.2, 0.25) is 0 Å². The molecule has 164 valence electrons. The number of aliphatic hydroxyl groups is 1. The summed E-state index contributed by atoms with van der Waals surface area (Å²) < 4.78 is 0. The molecular weight excluding hydrogens is 380 g/mol. The topological polar surface area (TPSA) is 46.0 Å². The Morgan fingerprint density at radius 2 is 1.90 bits per heavy atom. The third-order valence-corrected chi connectivity index (χ3v) is 10.2. The maximum atomic E-state index is 10.3. The lowest BCUT2D eigenvalue weighted by Gasteiger charge is -2.58. The van der Waals surface area contributed by atoms with Crippen LogP contribution in [0, 0.1) is 35.5 Å². The van der Waals surface area contributed by atoms with Crippen LogP contribution in [0.3, 0.4) is 0 Å². The van der Waals surface area contributed by atoms with Crippen LogP contribution in [0.4, 0.5) is 0 Å². The monoisotopic (exact) mass is 416 g/mol. The molecule has 4 aliphatic carbocycles. The van der Waals surface area contributed by atoms with Crippen LogP contribution in [0.5, 0.6) is 0 Å². The Bertz CT molecular complexity index is 1060. The third kappa shape index (κ3) is 2.88. The molecule has 3 saturated carbocycles. The number of hydrogen-bond donors (Lipinski definition) is 1. The van der Waals surface area contributed by atoms with E-state index >= 15 is 0 Å². The zero-order chi connectivity index (χ0) is 21.4. The molecule has 31 heavy (non-hydrogen) atoms. The van der Waals surface area contributed by atoms with Gasteiger partial charge in [-0.2, -0.15) is 0 Å². The summed E-state index contributed by atoms with van der Waals surface area (Å²) in [4.78, 5) is 9.06. The molecule has 1 N–H and O–H groups in total. The maximum absolute atomic E-state index is 10.3. The number of nitrogens with zero attached hydrogens (tertiary/aromatic N) is 2. The summed E-state index contributed by atoms with van der Waals surface area (Å²) in [6, 6.07) is 6.94. The van der Waals surface area contributed by atoms with Crippen molar-refractivity contribution >= 4 is 10.9 Å².